The number of imidazole rings is 1. The third kappa shape index (κ3) is 3.55. The Morgan fingerprint density at radius 2 is 2.05 bits per heavy atom. The lowest BCUT2D eigenvalue weighted by molar-refractivity contribution is 0.142. The van der Waals surface area contributed by atoms with E-state index in [9.17, 15) is 8.42 Å². The maximum Gasteiger partial charge on any atom is 0.262 e. The molecule has 1 rings (SSSR count). The maximum absolute atomic E-state index is 12.5. The molecule has 0 N–H and O–H groups in total. The SMILES string of the molecule is CCN([C@H](C)COC)S(=O)(=O)c1cn(C(C)C)cn1. The predicted molar refractivity (Wildman–Crippen MR) is 73.5 cm³/mol. The van der Waals surface area contributed by atoms with Crippen molar-refractivity contribution in [1.82, 2.24) is 13.9 Å². The zero-order valence-corrected chi connectivity index (χ0v) is 13.0. The lowest BCUT2D eigenvalue weighted by Crippen LogP contribution is -2.41. The van der Waals surface area contributed by atoms with Gasteiger partial charge < -0.3 is 9.30 Å². The van der Waals surface area contributed by atoms with Crippen molar-refractivity contribution in [2.75, 3.05) is 20.3 Å². The van der Waals surface area contributed by atoms with Gasteiger partial charge in [0.25, 0.3) is 10.0 Å². The monoisotopic (exact) mass is 289 g/mol. The summed E-state index contributed by atoms with van der Waals surface area (Å²) in [6.45, 7) is 8.33. The third-order valence-electron chi connectivity index (χ3n) is 2.96. The van der Waals surface area contributed by atoms with Crippen molar-refractivity contribution in [3.05, 3.63) is 12.5 Å². The fraction of sp³-hybridized carbons (Fsp3) is 0.750. The molecule has 0 radical (unpaired) electrons. The molecule has 0 aliphatic carbocycles. The minimum atomic E-state index is -3.56. The molecule has 0 amide bonds. The Labute approximate surface area is 115 Å². The molecule has 0 fully saturated rings. The first-order chi connectivity index (χ1) is 8.84. The second kappa shape index (κ2) is 6.49. The van der Waals surface area contributed by atoms with Crippen LogP contribution < -0.4 is 0 Å². The van der Waals surface area contributed by atoms with Gasteiger partial charge in [-0.2, -0.15) is 4.31 Å². The summed E-state index contributed by atoms with van der Waals surface area (Å²) in [7, 11) is -2.00. The molecule has 1 aromatic heterocycles. The molecule has 0 aliphatic heterocycles. The van der Waals surface area contributed by atoms with Gasteiger partial charge in [0.2, 0.25) is 0 Å². The average Bonchev–Trinajstić information content (AvgIpc) is 2.79. The topological polar surface area (TPSA) is 64.4 Å². The fourth-order valence-corrected chi connectivity index (χ4v) is 3.45. The Hall–Kier alpha value is -0.920. The van der Waals surface area contributed by atoms with Crippen LogP contribution in [0.2, 0.25) is 0 Å². The third-order valence-corrected chi connectivity index (χ3v) is 4.93. The minimum Gasteiger partial charge on any atom is -0.383 e. The van der Waals surface area contributed by atoms with Crippen LogP contribution >= 0.6 is 0 Å². The molecule has 1 heterocycles. The smallest absolute Gasteiger partial charge is 0.262 e. The summed E-state index contributed by atoms with van der Waals surface area (Å²) in [6, 6.07) is -0.0351. The number of likely N-dealkylation sites (N-methyl/N-ethyl adjacent to an activating group) is 1. The lowest BCUT2D eigenvalue weighted by Gasteiger charge is -2.25. The molecular formula is C12H23N3O3S. The summed E-state index contributed by atoms with van der Waals surface area (Å²) in [4.78, 5) is 4.01. The van der Waals surface area contributed by atoms with Gasteiger partial charge in [-0.3, -0.25) is 0 Å². The number of sulfonamides is 1. The maximum atomic E-state index is 12.5. The largest absolute Gasteiger partial charge is 0.383 e. The van der Waals surface area contributed by atoms with Crippen LogP contribution in [-0.2, 0) is 14.8 Å². The van der Waals surface area contributed by atoms with Crippen molar-refractivity contribution in [2.45, 2.75) is 44.8 Å². The van der Waals surface area contributed by atoms with E-state index >= 15 is 0 Å². The van der Waals surface area contributed by atoms with Gasteiger partial charge in [-0.1, -0.05) is 6.92 Å². The predicted octanol–water partition coefficient (Wildman–Crippen LogP) is 1.51. The highest BCUT2D eigenvalue weighted by molar-refractivity contribution is 7.89. The molecule has 1 aromatic rings. The zero-order valence-electron chi connectivity index (χ0n) is 12.2. The van der Waals surface area contributed by atoms with Crippen LogP contribution in [0.3, 0.4) is 0 Å². The van der Waals surface area contributed by atoms with Crippen LogP contribution in [0.5, 0.6) is 0 Å². The summed E-state index contributed by atoms with van der Waals surface area (Å²) in [5, 5.41) is 0.0889. The Kier molecular flexibility index (Phi) is 5.51. The number of hydrogen-bond acceptors (Lipinski definition) is 4. The first-order valence-corrected chi connectivity index (χ1v) is 7.82. The van der Waals surface area contributed by atoms with Crippen LogP contribution in [0.25, 0.3) is 0 Å². The highest BCUT2D eigenvalue weighted by atomic mass is 32.2. The quantitative estimate of drug-likeness (QED) is 0.763. The van der Waals surface area contributed by atoms with E-state index in [4.69, 9.17) is 4.74 Å². The summed E-state index contributed by atoms with van der Waals surface area (Å²) >= 11 is 0. The van der Waals surface area contributed by atoms with Crippen molar-refractivity contribution >= 4 is 10.0 Å². The molecule has 110 valence electrons. The van der Waals surface area contributed by atoms with Crippen LogP contribution in [-0.4, -0.2) is 48.6 Å². The van der Waals surface area contributed by atoms with Gasteiger partial charge in [0.05, 0.1) is 12.9 Å². The van der Waals surface area contributed by atoms with Crippen molar-refractivity contribution in [3.63, 3.8) is 0 Å². The standard InChI is InChI=1S/C12H23N3O3S/c1-6-15(11(4)8-18-5)19(16,17)12-7-14(9-13-12)10(2)3/h7,9-11H,6,8H2,1-5H3/t11-/m1/s1. The molecule has 7 heteroatoms. The molecule has 0 aliphatic rings. The second-order valence-corrected chi connectivity index (χ2v) is 6.60. The molecule has 0 bridgehead atoms. The molecule has 19 heavy (non-hydrogen) atoms. The van der Waals surface area contributed by atoms with E-state index < -0.39 is 10.0 Å². The summed E-state index contributed by atoms with van der Waals surface area (Å²) < 4.78 is 33.2. The number of methoxy groups -OCH3 is 1. The van der Waals surface area contributed by atoms with Crippen LogP contribution in [0, 0.1) is 0 Å². The number of hydrogen-bond donors (Lipinski definition) is 0. The van der Waals surface area contributed by atoms with Crippen LogP contribution in [0.4, 0.5) is 0 Å². The summed E-state index contributed by atoms with van der Waals surface area (Å²) in [5.41, 5.74) is 0. The summed E-state index contributed by atoms with van der Waals surface area (Å²) in [6.07, 6.45) is 3.12. The van der Waals surface area contributed by atoms with Crippen molar-refractivity contribution < 1.29 is 13.2 Å². The first kappa shape index (κ1) is 16.1. The minimum absolute atomic E-state index is 0.0889. The van der Waals surface area contributed by atoms with Gasteiger partial charge in [-0.25, -0.2) is 13.4 Å². The molecular weight excluding hydrogens is 266 g/mol. The summed E-state index contributed by atoms with van der Waals surface area (Å²) in [5.74, 6) is 0. The second-order valence-electron chi connectivity index (χ2n) is 4.77. The van der Waals surface area contributed by atoms with Crippen LogP contribution in [0.1, 0.15) is 33.7 Å². The van der Waals surface area contributed by atoms with E-state index in [0.717, 1.165) is 0 Å². The lowest BCUT2D eigenvalue weighted by atomic mass is 10.4. The van der Waals surface area contributed by atoms with Gasteiger partial charge in [-0.05, 0) is 20.8 Å². The van der Waals surface area contributed by atoms with Gasteiger partial charge >= 0.3 is 0 Å². The van der Waals surface area contributed by atoms with E-state index in [1.54, 1.807) is 24.2 Å². The molecule has 1 atom stereocenters. The van der Waals surface area contributed by atoms with Crippen molar-refractivity contribution in [1.29, 1.82) is 0 Å². The zero-order chi connectivity index (χ0) is 14.6. The van der Waals surface area contributed by atoms with Crippen molar-refractivity contribution in [2.24, 2.45) is 0 Å². The van der Waals surface area contributed by atoms with E-state index in [1.807, 2.05) is 27.7 Å². The Morgan fingerprint density at radius 3 is 2.47 bits per heavy atom. The van der Waals surface area contributed by atoms with Gasteiger partial charge in [0, 0.05) is 31.9 Å². The average molecular weight is 289 g/mol. The Balaban J connectivity index is 3.06. The molecule has 0 aromatic carbocycles. The van der Waals surface area contributed by atoms with Gasteiger partial charge in [0.15, 0.2) is 5.03 Å². The van der Waals surface area contributed by atoms with Crippen molar-refractivity contribution in [3.8, 4) is 0 Å². The molecule has 0 saturated carbocycles. The fourth-order valence-electron chi connectivity index (χ4n) is 1.90. The van der Waals surface area contributed by atoms with E-state index in [-0.39, 0.29) is 17.1 Å². The number of rotatable bonds is 7. The highest BCUT2D eigenvalue weighted by Gasteiger charge is 2.29. The van der Waals surface area contributed by atoms with Gasteiger partial charge in [0.1, 0.15) is 0 Å². The molecule has 0 spiro atoms. The Bertz CT molecular complexity index is 496. The molecule has 6 nitrogen and oxygen atoms in total. The molecule has 0 saturated heterocycles. The van der Waals surface area contributed by atoms with Crippen LogP contribution in [0.15, 0.2) is 17.6 Å². The van der Waals surface area contributed by atoms with E-state index in [1.165, 1.54) is 4.31 Å². The van der Waals surface area contributed by atoms with E-state index in [2.05, 4.69) is 4.98 Å². The normalized spacial score (nSPS) is 14.3. The number of ether oxygens (including phenoxy) is 1. The highest BCUT2D eigenvalue weighted by Crippen LogP contribution is 2.18. The first-order valence-electron chi connectivity index (χ1n) is 6.38. The Morgan fingerprint density at radius 1 is 1.42 bits per heavy atom. The van der Waals surface area contributed by atoms with Gasteiger partial charge in [-0.15, -0.1) is 0 Å². The number of nitrogens with zero attached hydrogens (tertiary/aromatic N) is 3. The van der Waals surface area contributed by atoms with E-state index in [0.29, 0.717) is 13.2 Å². The number of aromatic nitrogens is 2. The molecule has 0 unspecified atom stereocenters.